The maximum atomic E-state index is 9.17. The molecule has 0 radical (unpaired) electrons. The van der Waals surface area contributed by atoms with Gasteiger partial charge in [-0.1, -0.05) is 43.3 Å². The topological polar surface area (TPSA) is 38.7 Å². The van der Waals surface area contributed by atoms with Gasteiger partial charge in [0.2, 0.25) is 0 Å². The summed E-state index contributed by atoms with van der Waals surface area (Å²) in [5, 5.41) is 9.17. The predicted octanol–water partition coefficient (Wildman–Crippen LogP) is 2.07. The van der Waals surface area contributed by atoms with Gasteiger partial charge in [0.15, 0.2) is 6.29 Å². The van der Waals surface area contributed by atoms with Crippen LogP contribution in [0.2, 0.25) is 0 Å². The van der Waals surface area contributed by atoms with Gasteiger partial charge in [0.1, 0.15) is 0 Å². The average Bonchev–Trinajstić information content (AvgIpc) is 2.39. The maximum absolute atomic E-state index is 9.17. The molecule has 17 heavy (non-hydrogen) atoms. The minimum atomic E-state index is -0.310. The van der Waals surface area contributed by atoms with Crippen LogP contribution in [0.4, 0.5) is 0 Å². The first-order valence-corrected chi connectivity index (χ1v) is 5.79. The highest BCUT2D eigenvalue weighted by Crippen LogP contribution is 2.23. The third-order valence-corrected chi connectivity index (χ3v) is 2.82. The molecule has 3 nitrogen and oxygen atoms in total. The SMILES string of the molecule is CC1(CO)COC(C=Cc2ccccc2)OC1. The summed E-state index contributed by atoms with van der Waals surface area (Å²) in [5.41, 5.74) is 0.854. The molecule has 0 spiro atoms. The van der Waals surface area contributed by atoms with Crippen molar-refractivity contribution in [3.63, 3.8) is 0 Å². The zero-order chi connectivity index (χ0) is 12.1. The van der Waals surface area contributed by atoms with E-state index in [-0.39, 0.29) is 18.3 Å². The number of aliphatic hydroxyl groups is 1. The van der Waals surface area contributed by atoms with Crippen molar-refractivity contribution in [3.8, 4) is 0 Å². The third kappa shape index (κ3) is 3.40. The van der Waals surface area contributed by atoms with Crippen LogP contribution >= 0.6 is 0 Å². The second kappa shape index (κ2) is 5.45. The van der Waals surface area contributed by atoms with Gasteiger partial charge < -0.3 is 14.6 Å². The lowest BCUT2D eigenvalue weighted by molar-refractivity contribution is -0.209. The minimum Gasteiger partial charge on any atom is -0.396 e. The van der Waals surface area contributed by atoms with Gasteiger partial charge in [0.05, 0.1) is 19.8 Å². The second-order valence-electron chi connectivity index (χ2n) is 4.73. The fraction of sp³-hybridized carbons (Fsp3) is 0.429. The van der Waals surface area contributed by atoms with Crippen LogP contribution in [0.5, 0.6) is 0 Å². The molecule has 0 unspecified atom stereocenters. The Hall–Kier alpha value is -1.16. The van der Waals surface area contributed by atoms with Gasteiger partial charge in [-0.2, -0.15) is 0 Å². The van der Waals surface area contributed by atoms with E-state index in [1.54, 1.807) is 0 Å². The van der Waals surface area contributed by atoms with Gasteiger partial charge in [-0.25, -0.2) is 0 Å². The second-order valence-corrected chi connectivity index (χ2v) is 4.73. The molecule has 1 aromatic rings. The number of hydrogen-bond acceptors (Lipinski definition) is 3. The fourth-order valence-corrected chi connectivity index (χ4v) is 1.61. The Balaban J connectivity index is 1.88. The van der Waals surface area contributed by atoms with Crippen LogP contribution in [0.1, 0.15) is 12.5 Å². The molecule has 2 rings (SSSR count). The predicted molar refractivity (Wildman–Crippen MR) is 66.4 cm³/mol. The Labute approximate surface area is 102 Å². The summed E-state index contributed by atoms with van der Waals surface area (Å²) in [6, 6.07) is 10.0. The minimum absolute atomic E-state index is 0.0854. The molecule has 0 atom stereocenters. The largest absolute Gasteiger partial charge is 0.396 e. The molecule has 1 heterocycles. The summed E-state index contributed by atoms with van der Waals surface area (Å²) >= 11 is 0. The van der Waals surface area contributed by atoms with Crippen LogP contribution in [0.3, 0.4) is 0 Å². The average molecular weight is 234 g/mol. The van der Waals surface area contributed by atoms with E-state index in [0.29, 0.717) is 13.2 Å². The van der Waals surface area contributed by atoms with E-state index < -0.39 is 0 Å². The van der Waals surface area contributed by atoms with Gasteiger partial charge >= 0.3 is 0 Å². The molecule has 3 heteroatoms. The standard InChI is InChI=1S/C14H18O3/c1-14(9-15)10-16-13(17-11-14)8-7-12-5-3-2-4-6-12/h2-8,13,15H,9-11H2,1H3. The Morgan fingerprint density at radius 1 is 1.29 bits per heavy atom. The molecular formula is C14H18O3. The first-order chi connectivity index (χ1) is 8.22. The molecule has 0 aromatic heterocycles. The molecule has 0 saturated carbocycles. The number of ether oxygens (including phenoxy) is 2. The monoisotopic (exact) mass is 234 g/mol. The van der Waals surface area contributed by atoms with Crippen molar-refractivity contribution in [3.05, 3.63) is 42.0 Å². The van der Waals surface area contributed by atoms with Gasteiger partial charge in [0, 0.05) is 5.41 Å². The van der Waals surface area contributed by atoms with Crippen molar-refractivity contribution in [2.24, 2.45) is 5.41 Å². The van der Waals surface area contributed by atoms with E-state index in [1.165, 1.54) is 0 Å². The lowest BCUT2D eigenvalue weighted by Crippen LogP contribution is -2.41. The Morgan fingerprint density at radius 2 is 1.94 bits per heavy atom. The lowest BCUT2D eigenvalue weighted by Gasteiger charge is -2.34. The normalized spacial score (nSPS) is 29.6. The molecule has 1 aromatic carbocycles. The number of rotatable bonds is 3. The van der Waals surface area contributed by atoms with E-state index in [0.717, 1.165) is 5.56 Å². The Morgan fingerprint density at radius 3 is 2.53 bits per heavy atom. The lowest BCUT2D eigenvalue weighted by atomic mass is 9.94. The van der Waals surface area contributed by atoms with Gasteiger partial charge in [-0.05, 0) is 11.6 Å². The highest BCUT2D eigenvalue weighted by atomic mass is 16.7. The summed E-state index contributed by atoms with van der Waals surface area (Å²) in [6.07, 6.45) is 3.56. The summed E-state index contributed by atoms with van der Waals surface area (Å²) < 4.78 is 11.1. The van der Waals surface area contributed by atoms with Gasteiger partial charge in [-0.15, -0.1) is 0 Å². The zero-order valence-electron chi connectivity index (χ0n) is 10.0. The Kier molecular flexibility index (Phi) is 3.94. The molecule has 1 aliphatic heterocycles. The molecule has 1 N–H and O–H groups in total. The summed E-state index contributed by atoms with van der Waals surface area (Å²) in [4.78, 5) is 0. The number of aliphatic hydroxyl groups excluding tert-OH is 1. The van der Waals surface area contributed by atoms with E-state index in [4.69, 9.17) is 14.6 Å². The van der Waals surface area contributed by atoms with E-state index >= 15 is 0 Å². The highest BCUT2D eigenvalue weighted by molar-refractivity contribution is 5.48. The van der Waals surface area contributed by atoms with Gasteiger partial charge in [0.25, 0.3) is 0 Å². The van der Waals surface area contributed by atoms with Gasteiger partial charge in [-0.3, -0.25) is 0 Å². The van der Waals surface area contributed by atoms with Crippen LogP contribution in [0.25, 0.3) is 6.08 Å². The van der Waals surface area contributed by atoms with Crippen LogP contribution in [-0.2, 0) is 9.47 Å². The van der Waals surface area contributed by atoms with Crippen LogP contribution < -0.4 is 0 Å². The molecule has 0 aliphatic carbocycles. The summed E-state index contributed by atoms with van der Waals surface area (Å²) in [6.45, 7) is 3.08. The van der Waals surface area contributed by atoms with Crippen molar-refractivity contribution in [1.82, 2.24) is 0 Å². The molecular weight excluding hydrogens is 216 g/mol. The van der Waals surface area contributed by atoms with E-state index in [1.807, 2.05) is 49.4 Å². The quantitative estimate of drug-likeness (QED) is 0.870. The maximum Gasteiger partial charge on any atom is 0.177 e. The number of hydrogen-bond donors (Lipinski definition) is 1. The third-order valence-electron chi connectivity index (χ3n) is 2.82. The zero-order valence-corrected chi connectivity index (χ0v) is 10.0. The van der Waals surface area contributed by atoms with Crippen LogP contribution in [0.15, 0.2) is 36.4 Å². The van der Waals surface area contributed by atoms with Crippen molar-refractivity contribution in [2.45, 2.75) is 13.2 Å². The summed E-state index contributed by atoms with van der Waals surface area (Å²) in [7, 11) is 0. The van der Waals surface area contributed by atoms with Crippen molar-refractivity contribution < 1.29 is 14.6 Å². The van der Waals surface area contributed by atoms with Crippen molar-refractivity contribution in [1.29, 1.82) is 0 Å². The first-order valence-electron chi connectivity index (χ1n) is 5.79. The summed E-state index contributed by atoms with van der Waals surface area (Å²) in [5.74, 6) is 0. The van der Waals surface area contributed by atoms with Crippen molar-refractivity contribution in [2.75, 3.05) is 19.8 Å². The van der Waals surface area contributed by atoms with E-state index in [2.05, 4.69) is 0 Å². The Bertz CT molecular complexity index is 364. The molecule has 92 valence electrons. The molecule has 0 bridgehead atoms. The first kappa shape index (κ1) is 12.3. The number of benzene rings is 1. The molecule has 1 fully saturated rings. The van der Waals surface area contributed by atoms with Crippen LogP contribution in [0, 0.1) is 5.41 Å². The van der Waals surface area contributed by atoms with E-state index in [9.17, 15) is 0 Å². The van der Waals surface area contributed by atoms with Crippen molar-refractivity contribution >= 4 is 6.08 Å². The molecule has 0 amide bonds. The smallest absolute Gasteiger partial charge is 0.177 e. The highest BCUT2D eigenvalue weighted by Gasteiger charge is 2.31. The van der Waals surface area contributed by atoms with Crippen LogP contribution in [-0.4, -0.2) is 31.2 Å². The fourth-order valence-electron chi connectivity index (χ4n) is 1.61. The molecule has 1 aliphatic rings. The molecule has 1 saturated heterocycles.